The van der Waals surface area contributed by atoms with E-state index in [4.69, 9.17) is 11.6 Å². The molecule has 1 amide bonds. The van der Waals surface area contributed by atoms with E-state index < -0.39 is 0 Å². The normalized spacial score (nSPS) is 18.8. The zero-order valence-corrected chi connectivity index (χ0v) is 12.5. The van der Waals surface area contributed by atoms with Crippen LogP contribution in [-0.4, -0.2) is 17.3 Å². The number of halogens is 1. The zero-order chi connectivity index (χ0) is 13.9. The number of hydrogen-bond acceptors (Lipinski definition) is 1. The Morgan fingerprint density at radius 3 is 2.89 bits per heavy atom. The summed E-state index contributed by atoms with van der Waals surface area (Å²) in [6.45, 7) is 4.06. The molecular weight excluding hydrogens is 258 g/mol. The molecule has 1 N–H and O–H groups in total. The van der Waals surface area contributed by atoms with Crippen molar-refractivity contribution < 1.29 is 4.79 Å². The Balaban J connectivity index is 2.13. The lowest BCUT2D eigenvalue weighted by Gasteiger charge is -2.30. The highest BCUT2D eigenvalue weighted by molar-refractivity contribution is 6.17. The molecule has 1 aliphatic rings. The predicted octanol–water partition coefficient (Wildman–Crippen LogP) is 3.63. The molecule has 0 radical (unpaired) electrons. The molecule has 0 spiro atoms. The molecule has 1 unspecified atom stereocenters. The van der Waals surface area contributed by atoms with Crippen LogP contribution in [0.3, 0.4) is 0 Å². The highest BCUT2D eigenvalue weighted by Crippen LogP contribution is 2.32. The summed E-state index contributed by atoms with van der Waals surface area (Å²) >= 11 is 5.79. The number of fused-ring (bicyclic) bond motifs is 1. The van der Waals surface area contributed by atoms with Gasteiger partial charge < -0.3 is 5.32 Å². The molecule has 1 aromatic carbocycles. The summed E-state index contributed by atoms with van der Waals surface area (Å²) in [4.78, 5) is 12.5. The lowest BCUT2D eigenvalue weighted by atomic mass is 9.82. The molecule has 0 heterocycles. The van der Waals surface area contributed by atoms with Crippen LogP contribution in [0.2, 0.25) is 0 Å². The maximum atomic E-state index is 12.5. The fourth-order valence-electron chi connectivity index (χ4n) is 2.75. The van der Waals surface area contributed by atoms with Gasteiger partial charge >= 0.3 is 0 Å². The van der Waals surface area contributed by atoms with E-state index in [1.807, 2.05) is 19.9 Å². The van der Waals surface area contributed by atoms with Gasteiger partial charge in [0.1, 0.15) is 0 Å². The first kappa shape index (κ1) is 14.4. The van der Waals surface area contributed by atoms with Gasteiger partial charge in [0.2, 0.25) is 5.91 Å². The predicted molar refractivity (Wildman–Crippen MR) is 79.7 cm³/mol. The first-order valence-electron chi connectivity index (χ1n) is 6.99. The van der Waals surface area contributed by atoms with Crippen LogP contribution in [0.25, 0.3) is 0 Å². The molecule has 104 valence electrons. The summed E-state index contributed by atoms with van der Waals surface area (Å²) in [6.07, 6.45) is 3.91. The van der Waals surface area contributed by atoms with E-state index >= 15 is 0 Å². The topological polar surface area (TPSA) is 29.1 Å². The van der Waals surface area contributed by atoms with Crippen LogP contribution in [0.1, 0.15) is 50.2 Å². The van der Waals surface area contributed by atoms with Gasteiger partial charge in [-0.3, -0.25) is 4.79 Å². The van der Waals surface area contributed by atoms with Gasteiger partial charge in [-0.05, 0) is 50.7 Å². The van der Waals surface area contributed by atoms with Gasteiger partial charge in [-0.2, -0.15) is 0 Å². The number of carbonyl (C=O) groups is 1. The average molecular weight is 280 g/mol. The number of carbonyl (C=O) groups excluding carboxylic acids is 1. The van der Waals surface area contributed by atoms with Gasteiger partial charge in [0.25, 0.3) is 0 Å². The van der Waals surface area contributed by atoms with E-state index in [9.17, 15) is 4.79 Å². The Labute approximate surface area is 120 Å². The Morgan fingerprint density at radius 2 is 2.16 bits per heavy atom. The lowest BCUT2D eigenvalue weighted by Crippen LogP contribution is -2.46. The van der Waals surface area contributed by atoms with E-state index in [0.29, 0.717) is 5.88 Å². The van der Waals surface area contributed by atoms with Crippen molar-refractivity contribution >= 4 is 17.5 Å². The van der Waals surface area contributed by atoms with Crippen LogP contribution < -0.4 is 5.32 Å². The fraction of sp³-hybridized carbons (Fsp3) is 0.562. The third kappa shape index (κ3) is 3.50. The molecule has 1 aromatic rings. The van der Waals surface area contributed by atoms with Crippen molar-refractivity contribution in [2.24, 2.45) is 0 Å². The number of alkyl halides is 1. The summed E-state index contributed by atoms with van der Waals surface area (Å²) in [6, 6.07) is 8.30. The monoisotopic (exact) mass is 279 g/mol. The van der Waals surface area contributed by atoms with Gasteiger partial charge in [-0.25, -0.2) is 0 Å². The molecular formula is C16H22ClNO. The molecule has 1 aliphatic carbocycles. The summed E-state index contributed by atoms with van der Waals surface area (Å²) < 4.78 is 0. The van der Waals surface area contributed by atoms with Crippen LogP contribution in [0.15, 0.2) is 24.3 Å². The number of hydrogen-bond donors (Lipinski definition) is 1. The largest absolute Gasteiger partial charge is 0.351 e. The minimum absolute atomic E-state index is 0.000416. The van der Waals surface area contributed by atoms with E-state index in [2.05, 4.69) is 23.5 Å². The van der Waals surface area contributed by atoms with Gasteiger partial charge in [-0.1, -0.05) is 24.3 Å². The molecule has 0 bridgehead atoms. The van der Waals surface area contributed by atoms with Crippen LogP contribution >= 0.6 is 11.6 Å². The van der Waals surface area contributed by atoms with Crippen molar-refractivity contribution in [2.75, 3.05) is 5.88 Å². The number of aryl methyl sites for hydroxylation is 1. The van der Waals surface area contributed by atoms with Crippen molar-refractivity contribution in [1.29, 1.82) is 0 Å². The van der Waals surface area contributed by atoms with Gasteiger partial charge in [0.15, 0.2) is 0 Å². The molecule has 3 heteroatoms. The third-order valence-electron chi connectivity index (χ3n) is 3.87. The Kier molecular flexibility index (Phi) is 4.51. The van der Waals surface area contributed by atoms with Crippen molar-refractivity contribution in [1.82, 2.24) is 5.32 Å². The Morgan fingerprint density at radius 1 is 1.42 bits per heavy atom. The Hall–Kier alpha value is -1.02. The second-order valence-corrected chi connectivity index (χ2v) is 6.33. The zero-order valence-electron chi connectivity index (χ0n) is 11.7. The average Bonchev–Trinajstić information content (AvgIpc) is 2.37. The molecule has 0 saturated carbocycles. The van der Waals surface area contributed by atoms with Crippen LogP contribution in [0, 0.1) is 0 Å². The first-order chi connectivity index (χ1) is 9.03. The summed E-state index contributed by atoms with van der Waals surface area (Å²) in [5, 5.41) is 3.14. The minimum Gasteiger partial charge on any atom is -0.351 e. The van der Waals surface area contributed by atoms with Crippen molar-refractivity contribution in [2.45, 2.75) is 51.0 Å². The summed E-state index contributed by atoms with van der Waals surface area (Å²) in [7, 11) is 0. The van der Waals surface area contributed by atoms with Gasteiger partial charge in [-0.15, -0.1) is 11.6 Å². The second kappa shape index (κ2) is 5.96. The second-order valence-electron chi connectivity index (χ2n) is 5.96. The number of amides is 1. The SMILES string of the molecule is CC(C)(CCCl)NC(=O)C1CCCc2ccccc21. The van der Waals surface area contributed by atoms with E-state index in [0.717, 1.165) is 25.7 Å². The van der Waals surface area contributed by atoms with E-state index in [1.165, 1.54) is 11.1 Å². The standard InChI is InChI=1S/C16H22ClNO/c1-16(2,10-11-17)18-15(19)14-9-5-7-12-6-3-4-8-13(12)14/h3-4,6,8,14H,5,7,9-11H2,1-2H3,(H,18,19). The fourth-order valence-corrected chi connectivity index (χ4v) is 3.22. The number of nitrogens with one attached hydrogen (secondary N) is 1. The number of benzene rings is 1. The first-order valence-corrected chi connectivity index (χ1v) is 7.53. The number of rotatable bonds is 4. The molecule has 19 heavy (non-hydrogen) atoms. The minimum atomic E-state index is -0.231. The van der Waals surface area contributed by atoms with Crippen LogP contribution in [0.4, 0.5) is 0 Å². The molecule has 0 aromatic heterocycles. The summed E-state index contributed by atoms with van der Waals surface area (Å²) in [5.74, 6) is 0.705. The maximum Gasteiger partial charge on any atom is 0.227 e. The third-order valence-corrected chi connectivity index (χ3v) is 4.06. The Bertz CT molecular complexity index is 456. The molecule has 0 saturated heterocycles. The van der Waals surface area contributed by atoms with Crippen molar-refractivity contribution in [3.63, 3.8) is 0 Å². The molecule has 0 aliphatic heterocycles. The van der Waals surface area contributed by atoms with E-state index in [-0.39, 0.29) is 17.4 Å². The smallest absolute Gasteiger partial charge is 0.227 e. The molecule has 2 rings (SSSR count). The van der Waals surface area contributed by atoms with Crippen molar-refractivity contribution in [3.05, 3.63) is 35.4 Å². The van der Waals surface area contributed by atoms with Gasteiger partial charge in [0, 0.05) is 11.4 Å². The van der Waals surface area contributed by atoms with E-state index in [1.54, 1.807) is 0 Å². The highest BCUT2D eigenvalue weighted by Gasteiger charge is 2.29. The summed E-state index contributed by atoms with van der Waals surface area (Å²) in [5.41, 5.74) is 2.29. The van der Waals surface area contributed by atoms with Crippen LogP contribution in [-0.2, 0) is 11.2 Å². The van der Waals surface area contributed by atoms with Gasteiger partial charge in [0.05, 0.1) is 5.92 Å². The molecule has 1 atom stereocenters. The molecule has 0 fully saturated rings. The van der Waals surface area contributed by atoms with Crippen LogP contribution in [0.5, 0.6) is 0 Å². The molecule has 2 nitrogen and oxygen atoms in total. The van der Waals surface area contributed by atoms with Crippen molar-refractivity contribution in [3.8, 4) is 0 Å². The maximum absolute atomic E-state index is 12.5. The lowest BCUT2D eigenvalue weighted by molar-refractivity contribution is -0.124. The highest BCUT2D eigenvalue weighted by atomic mass is 35.5. The quantitative estimate of drug-likeness (QED) is 0.838.